The first-order valence-electron chi connectivity index (χ1n) is 9.16. The number of fused-ring (bicyclic) bond motifs is 5. The van der Waals surface area contributed by atoms with Gasteiger partial charge in [-0.05, 0) is 24.3 Å². The van der Waals surface area contributed by atoms with Gasteiger partial charge in [-0.1, -0.05) is 24.8 Å². The lowest BCUT2D eigenvalue weighted by molar-refractivity contribution is -0.385. The number of ether oxygens (including phenoxy) is 2. The number of hydrogen-bond donors (Lipinski definition) is 0. The van der Waals surface area contributed by atoms with Crippen molar-refractivity contribution in [2.24, 2.45) is 28.8 Å². The summed E-state index contributed by atoms with van der Waals surface area (Å²) in [6.45, 7) is 3.59. The fraction of sp³-hybridized carbons (Fsp3) is 0.350. The average molecular weight is 397 g/mol. The van der Waals surface area contributed by atoms with Crippen molar-refractivity contribution in [3.63, 3.8) is 0 Å². The van der Waals surface area contributed by atoms with Crippen LogP contribution < -0.4 is 9.47 Å². The van der Waals surface area contributed by atoms with E-state index in [1.54, 1.807) is 0 Å². The number of allylic oxidation sites excluding steroid dienone is 2. The summed E-state index contributed by atoms with van der Waals surface area (Å²) < 4.78 is 10.6. The summed E-state index contributed by atoms with van der Waals surface area (Å²) in [5, 5.41) is 16.4. The number of rotatable bonds is 7. The normalized spacial score (nSPS) is 27.0. The predicted molar refractivity (Wildman–Crippen MR) is 103 cm³/mol. The van der Waals surface area contributed by atoms with Gasteiger partial charge in [0.05, 0.1) is 30.1 Å². The molecule has 1 aliphatic heterocycles. The molecule has 1 aromatic rings. The van der Waals surface area contributed by atoms with E-state index >= 15 is 0 Å². The quantitative estimate of drug-likeness (QED) is 0.229. The molecule has 29 heavy (non-hydrogen) atoms. The lowest BCUT2D eigenvalue weighted by Crippen LogP contribution is -2.28. The van der Waals surface area contributed by atoms with E-state index in [2.05, 4.69) is 11.7 Å². The van der Waals surface area contributed by atoms with Crippen LogP contribution in [0, 0.1) is 33.8 Å². The summed E-state index contributed by atoms with van der Waals surface area (Å²) in [5.74, 6) is -1.06. The second-order valence-electron chi connectivity index (χ2n) is 7.16. The van der Waals surface area contributed by atoms with Crippen LogP contribution in [0.5, 0.6) is 11.5 Å². The van der Waals surface area contributed by atoms with Crippen LogP contribution in [-0.4, -0.2) is 41.7 Å². The van der Waals surface area contributed by atoms with E-state index in [4.69, 9.17) is 9.47 Å². The number of nitro benzene ring substituents is 1. The Kier molecular flexibility index (Phi) is 4.65. The molecule has 0 radical (unpaired) electrons. The minimum absolute atomic E-state index is 0.0277. The highest BCUT2D eigenvalue weighted by molar-refractivity contribution is 6.06. The first-order valence-corrected chi connectivity index (χ1v) is 9.16. The SMILES string of the molecule is C=CCOc1c(OC)cc(C=NN2C(=O)[C@@H]3[C@H](C2=O)[C@H]2C=C[C@H]3C2)cc1[N+](=O)[O-]. The zero-order valence-electron chi connectivity index (χ0n) is 15.7. The smallest absolute Gasteiger partial charge is 0.315 e. The predicted octanol–water partition coefficient (Wildman–Crippen LogP) is 2.31. The van der Waals surface area contributed by atoms with E-state index in [9.17, 15) is 19.7 Å². The van der Waals surface area contributed by atoms with Crippen LogP contribution in [0.3, 0.4) is 0 Å². The third-order valence-electron chi connectivity index (χ3n) is 5.59. The third kappa shape index (κ3) is 2.98. The lowest BCUT2D eigenvalue weighted by Gasteiger charge is -2.13. The van der Waals surface area contributed by atoms with Crippen LogP contribution in [0.2, 0.25) is 0 Å². The molecule has 1 saturated heterocycles. The molecule has 9 heteroatoms. The fourth-order valence-electron chi connectivity index (χ4n) is 4.38. The van der Waals surface area contributed by atoms with Gasteiger partial charge >= 0.3 is 5.69 Å². The summed E-state index contributed by atoms with van der Waals surface area (Å²) in [6.07, 6.45) is 7.54. The number of benzene rings is 1. The van der Waals surface area contributed by atoms with E-state index < -0.39 is 4.92 Å². The Bertz CT molecular complexity index is 939. The summed E-state index contributed by atoms with van der Waals surface area (Å²) in [5.41, 5.74) is -0.0101. The highest BCUT2D eigenvalue weighted by Crippen LogP contribution is 2.52. The summed E-state index contributed by atoms with van der Waals surface area (Å²) in [4.78, 5) is 36.2. The maximum atomic E-state index is 12.7. The van der Waals surface area contributed by atoms with Gasteiger partial charge in [-0.3, -0.25) is 19.7 Å². The van der Waals surface area contributed by atoms with E-state index in [1.807, 2.05) is 12.2 Å². The van der Waals surface area contributed by atoms with Crippen LogP contribution in [0.25, 0.3) is 0 Å². The molecule has 1 aromatic carbocycles. The Morgan fingerprint density at radius 2 is 1.93 bits per heavy atom. The molecule has 2 amide bonds. The van der Waals surface area contributed by atoms with Crippen molar-refractivity contribution < 1.29 is 24.0 Å². The van der Waals surface area contributed by atoms with Crippen molar-refractivity contribution in [3.8, 4) is 11.5 Å². The highest BCUT2D eigenvalue weighted by Gasteiger charge is 2.59. The van der Waals surface area contributed by atoms with E-state index in [0.717, 1.165) is 11.4 Å². The zero-order valence-corrected chi connectivity index (χ0v) is 15.7. The maximum Gasteiger partial charge on any atom is 0.315 e. The van der Waals surface area contributed by atoms with Gasteiger partial charge in [0, 0.05) is 11.6 Å². The van der Waals surface area contributed by atoms with Crippen LogP contribution in [0.4, 0.5) is 5.69 Å². The first kappa shape index (κ1) is 18.9. The second-order valence-corrected chi connectivity index (χ2v) is 7.16. The molecule has 2 bridgehead atoms. The molecule has 9 nitrogen and oxygen atoms in total. The Morgan fingerprint density at radius 3 is 2.48 bits per heavy atom. The minimum atomic E-state index is -0.599. The van der Waals surface area contributed by atoms with E-state index in [1.165, 1.54) is 31.5 Å². The van der Waals surface area contributed by atoms with Crippen LogP contribution in [0.15, 0.2) is 42.0 Å². The summed E-state index contributed by atoms with van der Waals surface area (Å²) >= 11 is 0. The zero-order chi connectivity index (χ0) is 20.7. The fourth-order valence-corrected chi connectivity index (χ4v) is 4.38. The monoisotopic (exact) mass is 397 g/mol. The van der Waals surface area contributed by atoms with E-state index in [-0.39, 0.29) is 59.3 Å². The van der Waals surface area contributed by atoms with Crippen LogP contribution in [-0.2, 0) is 9.59 Å². The van der Waals surface area contributed by atoms with Gasteiger partial charge in [0.2, 0.25) is 5.75 Å². The van der Waals surface area contributed by atoms with Crippen LogP contribution in [0.1, 0.15) is 12.0 Å². The molecule has 0 spiro atoms. The van der Waals surface area contributed by atoms with Gasteiger partial charge in [0.25, 0.3) is 11.8 Å². The molecule has 1 saturated carbocycles. The van der Waals surface area contributed by atoms with Gasteiger partial charge in [-0.15, -0.1) is 0 Å². The number of carbonyl (C=O) groups excluding carboxylic acids is 2. The van der Waals surface area contributed by atoms with Crippen molar-refractivity contribution in [2.45, 2.75) is 6.42 Å². The number of amides is 2. The van der Waals surface area contributed by atoms with Crippen molar-refractivity contribution in [3.05, 3.63) is 52.6 Å². The lowest BCUT2D eigenvalue weighted by atomic mass is 9.85. The Labute approximate surface area is 166 Å². The molecular formula is C20H19N3O6. The first-order chi connectivity index (χ1) is 14.0. The van der Waals surface area contributed by atoms with Gasteiger partial charge in [0.15, 0.2) is 5.75 Å². The highest BCUT2D eigenvalue weighted by atomic mass is 16.6. The van der Waals surface area contributed by atoms with Gasteiger partial charge in [0.1, 0.15) is 6.61 Å². The Balaban J connectivity index is 1.62. The molecule has 2 fully saturated rings. The molecule has 0 unspecified atom stereocenters. The van der Waals surface area contributed by atoms with Gasteiger partial charge < -0.3 is 9.47 Å². The molecule has 0 aromatic heterocycles. The number of nitrogens with zero attached hydrogens (tertiary/aromatic N) is 3. The van der Waals surface area contributed by atoms with Crippen LogP contribution >= 0.6 is 0 Å². The largest absolute Gasteiger partial charge is 0.493 e. The molecule has 4 rings (SSSR count). The standard InChI is InChI=1S/C20H19N3O6/c1-3-6-29-18-14(23(26)27)7-11(8-15(18)28-2)10-21-22-19(24)16-12-4-5-13(9-12)17(16)20(22)25/h3-5,7-8,10,12-13,16-17H,1,6,9H2,2H3/t12-,13-,16-,17+/m0/s1. The molecule has 150 valence electrons. The number of methoxy groups -OCH3 is 1. The number of hydrogen-bond acceptors (Lipinski definition) is 7. The molecule has 0 N–H and O–H groups in total. The van der Waals surface area contributed by atoms with Crippen molar-refractivity contribution >= 4 is 23.7 Å². The molecule has 3 aliphatic rings. The average Bonchev–Trinajstić information content (AvgIpc) is 3.39. The van der Waals surface area contributed by atoms with E-state index in [0.29, 0.717) is 5.56 Å². The summed E-state index contributed by atoms with van der Waals surface area (Å²) in [6, 6.07) is 2.74. The topological polar surface area (TPSA) is 111 Å². The molecular weight excluding hydrogens is 378 g/mol. The van der Waals surface area contributed by atoms with Crippen molar-refractivity contribution in [1.82, 2.24) is 5.01 Å². The van der Waals surface area contributed by atoms with Crippen molar-refractivity contribution in [2.75, 3.05) is 13.7 Å². The number of carbonyl (C=O) groups is 2. The number of imide groups is 1. The number of nitro groups is 1. The Hall–Kier alpha value is -3.49. The molecule has 4 atom stereocenters. The van der Waals surface area contributed by atoms with Crippen molar-refractivity contribution in [1.29, 1.82) is 0 Å². The summed E-state index contributed by atoms with van der Waals surface area (Å²) in [7, 11) is 1.36. The minimum Gasteiger partial charge on any atom is -0.493 e. The van der Waals surface area contributed by atoms with Gasteiger partial charge in [-0.2, -0.15) is 10.1 Å². The Morgan fingerprint density at radius 1 is 1.28 bits per heavy atom. The third-order valence-corrected chi connectivity index (χ3v) is 5.59. The maximum absolute atomic E-state index is 12.7. The van der Waals surface area contributed by atoms with Gasteiger partial charge in [-0.25, -0.2) is 0 Å². The number of hydrazone groups is 1. The second kappa shape index (κ2) is 7.16. The molecule has 2 aliphatic carbocycles. The molecule has 1 heterocycles.